The van der Waals surface area contributed by atoms with E-state index in [0.717, 1.165) is 25.1 Å². The first-order valence-corrected chi connectivity index (χ1v) is 7.77. The maximum atomic E-state index is 12.4. The molecular weight excluding hydrogens is 280 g/mol. The first-order chi connectivity index (χ1) is 10.6. The molecule has 1 aromatic carbocycles. The zero-order valence-electron chi connectivity index (χ0n) is 13.7. The van der Waals surface area contributed by atoms with Gasteiger partial charge in [-0.3, -0.25) is 4.79 Å². The Morgan fingerprint density at radius 1 is 1.36 bits per heavy atom. The molecule has 1 aliphatic heterocycles. The highest BCUT2D eigenvalue weighted by atomic mass is 16.5. The van der Waals surface area contributed by atoms with Crippen LogP contribution in [0.2, 0.25) is 0 Å². The molecule has 5 nitrogen and oxygen atoms in total. The number of hydrogen-bond donors (Lipinski definition) is 0. The summed E-state index contributed by atoms with van der Waals surface area (Å²) < 4.78 is 10.3. The van der Waals surface area contributed by atoms with E-state index in [1.54, 1.807) is 7.11 Å². The molecule has 0 saturated carbocycles. The van der Waals surface area contributed by atoms with Gasteiger partial charge in [0.05, 0.1) is 19.3 Å². The number of benzene rings is 1. The summed E-state index contributed by atoms with van der Waals surface area (Å²) in [4.78, 5) is 16.4. The predicted molar refractivity (Wildman–Crippen MR) is 87.2 cm³/mol. The van der Waals surface area contributed by atoms with Crippen molar-refractivity contribution in [2.24, 2.45) is 0 Å². The summed E-state index contributed by atoms with van der Waals surface area (Å²) in [6.45, 7) is 1.91. The third kappa shape index (κ3) is 4.21. The Labute approximate surface area is 132 Å². The van der Waals surface area contributed by atoms with Crippen molar-refractivity contribution in [2.75, 3.05) is 52.5 Å². The fourth-order valence-electron chi connectivity index (χ4n) is 2.81. The minimum atomic E-state index is 0.0638. The van der Waals surface area contributed by atoms with Crippen LogP contribution in [0.25, 0.3) is 0 Å². The summed E-state index contributed by atoms with van der Waals surface area (Å²) in [7, 11) is 5.68. The van der Waals surface area contributed by atoms with Crippen molar-refractivity contribution in [3.05, 3.63) is 29.8 Å². The number of rotatable bonds is 7. The van der Waals surface area contributed by atoms with E-state index < -0.39 is 0 Å². The molecule has 5 heteroatoms. The number of hydrogen-bond acceptors (Lipinski definition) is 4. The molecular formula is C17H26N2O3. The average Bonchev–Trinajstić information content (AvgIpc) is 3.01. The minimum absolute atomic E-state index is 0.0638. The monoisotopic (exact) mass is 306 g/mol. The van der Waals surface area contributed by atoms with E-state index in [0.29, 0.717) is 13.2 Å². The third-order valence-corrected chi connectivity index (χ3v) is 4.00. The van der Waals surface area contributed by atoms with Gasteiger partial charge in [0.1, 0.15) is 6.61 Å². The van der Waals surface area contributed by atoms with Crippen molar-refractivity contribution < 1.29 is 14.3 Å². The van der Waals surface area contributed by atoms with Crippen molar-refractivity contribution in [2.45, 2.75) is 18.9 Å². The lowest BCUT2D eigenvalue weighted by Crippen LogP contribution is -2.34. The molecule has 1 aromatic rings. The summed E-state index contributed by atoms with van der Waals surface area (Å²) in [5.74, 6) is 0.0638. The number of methoxy groups -OCH3 is 1. The fourth-order valence-corrected chi connectivity index (χ4v) is 2.81. The van der Waals surface area contributed by atoms with Gasteiger partial charge in [0.2, 0.25) is 5.91 Å². The molecule has 0 bridgehead atoms. The molecule has 0 N–H and O–H groups in total. The second-order valence-electron chi connectivity index (χ2n) is 5.78. The van der Waals surface area contributed by atoms with E-state index in [-0.39, 0.29) is 18.6 Å². The van der Waals surface area contributed by atoms with Gasteiger partial charge >= 0.3 is 0 Å². The van der Waals surface area contributed by atoms with E-state index in [2.05, 4.69) is 29.2 Å². The smallest absolute Gasteiger partial charge is 0.249 e. The Kier molecular flexibility index (Phi) is 6.21. The van der Waals surface area contributed by atoms with Crippen LogP contribution in [0.4, 0.5) is 5.69 Å². The van der Waals surface area contributed by atoms with Gasteiger partial charge in [0, 0.05) is 33.4 Å². The van der Waals surface area contributed by atoms with Crippen molar-refractivity contribution >= 4 is 11.6 Å². The highest BCUT2D eigenvalue weighted by molar-refractivity contribution is 5.78. The summed E-state index contributed by atoms with van der Waals surface area (Å²) in [5, 5.41) is 0. The molecule has 22 heavy (non-hydrogen) atoms. The minimum Gasteiger partial charge on any atom is -0.382 e. The number of likely N-dealkylation sites (tertiary alicyclic amines) is 1. The van der Waals surface area contributed by atoms with Crippen LogP contribution < -0.4 is 4.90 Å². The van der Waals surface area contributed by atoms with E-state index in [1.165, 1.54) is 5.56 Å². The normalized spacial score (nSPS) is 17.8. The molecule has 0 unspecified atom stereocenters. The fraction of sp³-hybridized carbons (Fsp3) is 0.588. The first kappa shape index (κ1) is 16.8. The highest BCUT2D eigenvalue weighted by Crippen LogP contribution is 2.33. The number of nitrogens with zero attached hydrogens (tertiary/aromatic N) is 2. The van der Waals surface area contributed by atoms with Gasteiger partial charge in [-0.2, -0.15) is 0 Å². The van der Waals surface area contributed by atoms with Gasteiger partial charge < -0.3 is 19.3 Å². The van der Waals surface area contributed by atoms with Crippen LogP contribution >= 0.6 is 0 Å². The standard InChI is InChI=1S/C17H26N2O3/c1-18(2)15-7-4-6-14(12-15)16-8-5-9-19(16)17(20)13-22-11-10-21-3/h4,6-7,12,16H,5,8-11,13H2,1-3H3/t16-/m1/s1. The molecule has 1 fully saturated rings. The Bertz CT molecular complexity index is 491. The largest absolute Gasteiger partial charge is 0.382 e. The SMILES string of the molecule is COCCOCC(=O)N1CCC[C@@H]1c1cccc(N(C)C)c1. The van der Waals surface area contributed by atoms with Crippen molar-refractivity contribution in [1.82, 2.24) is 4.90 Å². The lowest BCUT2D eigenvalue weighted by molar-refractivity contribution is -0.137. The van der Waals surface area contributed by atoms with Gasteiger partial charge in [0.25, 0.3) is 0 Å². The van der Waals surface area contributed by atoms with Crippen LogP contribution in [-0.2, 0) is 14.3 Å². The lowest BCUT2D eigenvalue weighted by Gasteiger charge is -2.26. The van der Waals surface area contributed by atoms with Crippen molar-refractivity contribution in [1.29, 1.82) is 0 Å². The molecule has 2 rings (SSSR count). The average molecular weight is 306 g/mol. The van der Waals surface area contributed by atoms with Crippen LogP contribution in [0.1, 0.15) is 24.4 Å². The Morgan fingerprint density at radius 2 is 2.18 bits per heavy atom. The predicted octanol–water partition coefficient (Wildman–Crippen LogP) is 2.08. The van der Waals surface area contributed by atoms with E-state index in [4.69, 9.17) is 9.47 Å². The zero-order chi connectivity index (χ0) is 15.9. The molecule has 0 radical (unpaired) electrons. The zero-order valence-corrected chi connectivity index (χ0v) is 13.7. The molecule has 0 spiro atoms. The Hall–Kier alpha value is -1.59. The van der Waals surface area contributed by atoms with E-state index >= 15 is 0 Å². The van der Waals surface area contributed by atoms with Crippen molar-refractivity contribution in [3.63, 3.8) is 0 Å². The van der Waals surface area contributed by atoms with Crippen LogP contribution in [0.5, 0.6) is 0 Å². The molecule has 1 aliphatic rings. The summed E-state index contributed by atoms with van der Waals surface area (Å²) in [6, 6.07) is 8.58. The maximum absolute atomic E-state index is 12.4. The van der Waals surface area contributed by atoms with E-state index in [9.17, 15) is 4.79 Å². The molecule has 1 saturated heterocycles. The second kappa shape index (κ2) is 8.15. The van der Waals surface area contributed by atoms with Crippen LogP contribution in [0.15, 0.2) is 24.3 Å². The molecule has 1 atom stereocenters. The topological polar surface area (TPSA) is 42.0 Å². The lowest BCUT2D eigenvalue weighted by atomic mass is 10.0. The van der Waals surface area contributed by atoms with Gasteiger partial charge in [-0.15, -0.1) is 0 Å². The van der Waals surface area contributed by atoms with Crippen LogP contribution in [0.3, 0.4) is 0 Å². The Balaban J connectivity index is 2.00. The number of carbonyl (C=O) groups excluding carboxylic acids is 1. The van der Waals surface area contributed by atoms with Gasteiger partial charge in [0.15, 0.2) is 0 Å². The highest BCUT2D eigenvalue weighted by Gasteiger charge is 2.29. The maximum Gasteiger partial charge on any atom is 0.249 e. The first-order valence-electron chi connectivity index (χ1n) is 7.77. The Morgan fingerprint density at radius 3 is 2.91 bits per heavy atom. The quantitative estimate of drug-likeness (QED) is 0.723. The summed E-state index contributed by atoms with van der Waals surface area (Å²) in [5.41, 5.74) is 2.36. The van der Waals surface area contributed by atoms with Gasteiger partial charge in [-0.1, -0.05) is 12.1 Å². The molecule has 0 aliphatic carbocycles. The molecule has 122 valence electrons. The molecule has 1 amide bonds. The number of anilines is 1. The van der Waals surface area contributed by atoms with Crippen LogP contribution in [-0.4, -0.2) is 58.4 Å². The number of ether oxygens (including phenoxy) is 2. The molecule has 0 aromatic heterocycles. The second-order valence-corrected chi connectivity index (χ2v) is 5.78. The third-order valence-electron chi connectivity index (χ3n) is 4.00. The molecule has 1 heterocycles. The van der Waals surface area contributed by atoms with E-state index in [1.807, 2.05) is 19.0 Å². The summed E-state index contributed by atoms with van der Waals surface area (Å²) >= 11 is 0. The van der Waals surface area contributed by atoms with Crippen LogP contribution in [0, 0.1) is 0 Å². The number of amides is 1. The van der Waals surface area contributed by atoms with Gasteiger partial charge in [-0.05, 0) is 30.5 Å². The van der Waals surface area contributed by atoms with Crippen molar-refractivity contribution in [3.8, 4) is 0 Å². The number of carbonyl (C=O) groups is 1. The summed E-state index contributed by atoms with van der Waals surface area (Å²) in [6.07, 6.45) is 2.06. The van der Waals surface area contributed by atoms with Gasteiger partial charge in [-0.25, -0.2) is 0 Å².